The zero-order chi connectivity index (χ0) is 15.6. The summed E-state index contributed by atoms with van der Waals surface area (Å²) in [6.07, 6.45) is 11.4. The van der Waals surface area contributed by atoms with Crippen LogP contribution in [0.3, 0.4) is 0 Å². The molecule has 7 nitrogen and oxygen atoms in total. The average Bonchev–Trinajstić information content (AvgIpc) is 3.34. The molecule has 23 heavy (non-hydrogen) atoms. The normalized spacial score (nSPS) is 14.1. The number of fused-ring (bicyclic) bond motifs is 1. The lowest BCUT2D eigenvalue weighted by molar-refractivity contribution is 0.0954. The minimum atomic E-state index is -0.149. The van der Waals surface area contributed by atoms with E-state index in [0.717, 1.165) is 16.9 Å². The highest BCUT2D eigenvalue weighted by atomic mass is 16.1. The standard InChI is InChI=1S/C16H16N6O/c23-16(19-4-3-12-9-17-5-6-18-12)11-7-14-15(20-8-11)22(10-21-14)13-1-2-13/h5-10,13H,1-4H2,(H,19,23). The third-order valence-electron chi connectivity index (χ3n) is 3.90. The van der Waals surface area contributed by atoms with E-state index in [1.54, 1.807) is 30.9 Å². The van der Waals surface area contributed by atoms with Crippen molar-refractivity contribution in [3.63, 3.8) is 0 Å². The maximum absolute atomic E-state index is 12.2. The van der Waals surface area contributed by atoms with Gasteiger partial charge in [-0.15, -0.1) is 0 Å². The highest BCUT2D eigenvalue weighted by molar-refractivity contribution is 5.96. The summed E-state index contributed by atoms with van der Waals surface area (Å²) in [5, 5.41) is 2.87. The average molecular weight is 308 g/mol. The van der Waals surface area contributed by atoms with Crippen LogP contribution in [0.5, 0.6) is 0 Å². The summed E-state index contributed by atoms with van der Waals surface area (Å²) < 4.78 is 2.09. The molecule has 0 spiro atoms. The molecule has 1 aliphatic rings. The molecule has 7 heteroatoms. The lowest BCUT2D eigenvalue weighted by atomic mass is 10.2. The summed E-state index contributed by atoms with van der Waals surface area (Å²) in [7, 11) is 0. The zero-order valence-electron chi connectivity index (χ0n) is 12.5. The van der Waals surface area contributed by atoms with Gasteiger partial charge in [0.05, 0.1) is 17.6 Å². The van der Waals surface area contributed by atoms with Crippen LogP contribution in [0.4, 0.5) is 0 Å². The fourth-order valence-corrected chi connectivity index (χ4v) is 2.53. The van der Waals surface area contributed by atoms with E-state index >= 15 is 0 Å². The number of hydrogen-bond acceptors (Lipinski definition) is 5. The highest BCUT2D eigenvalue weighted by Crippen LogP contribution is 2.36. The first kappa shape index (κ1) is 13.8. The van der Waals surface area contributed by atoms with Crippen LogP contribution in [-0.4, -0.2) is 37.0 Å². The molecule has 0 radical (unpaired) electrons. The number of carbonyl (C=O) groups excluding carboxylic acids is 1. The van der Waals surface area contributed by atoms with Gasteiger partial charge in [-0.3, -0.25) is 14.8 Å². The van der Waals surface area contributed by atoms with Crippen molar-refractivity contribution in [2.45, 2.75) is 25.3 Å². The van der Waals surface area contributed by atoms with Crippen molar-refractivity contribution in [1.29, 1.82) is 0 Å². The van der Waals surface area contributed by atoms with Crippen molar-refractivity contribution in [3.8, 4) is 0 Å². The predicted octanol–water partition coefficient (Wildman–Crippen LogP) is 1.53. The molecule has 0 atom stereocenters. The Bertz CT molecular complexity index is 840. The van der Waals surface area contributed by atoms with Crippen molar-refractivity contribution < 1.29 is 4.79 Å². The Balaban J connectivity index is 1.42. The van der Waals surface area contributed by atoms with Gasteiger partial charge in [0.2, 0.25) is 0 Å². The molecule has 0 aliphatic heterocycles. The van der Waals surface area contributed by atoms with Crippen molar-refractivity contribution >= 4 is 17.1 Å². The Hall–Kier alpha value is -2.83. The Morgan fingerprint density at radius 3 is 2.91 bits per heavy atom. The number of rotatable bonds is 5. The molecule has 0 aromatic carbocycles. The zero-order valence-corrected chi connectivity index (χ0v) is 12.5. The second-order valence-electron chi connectivity index (χ2n) is 5.65. The summed E-state index contributed by atoms with van der Waals surface area (Å²) in [6.45, 7) is 0.506. The van der Waals surface area contributed by atoms with E-state index in [0.29, 0.717) is 24.6 Å². The summed E-state index contributed by atoms with van der Waals surface area (Å²) in [5.74, 6) is -0.149. The Morgan fingerprint density at radius 2 is 2.13 bits per heavy atom. The number of carbonyl (C=O) groups is 1. The van der Waals surface area contributed by atoms with E-state index in [1.165, 1.54) is 12.8 Å². The largest absolute Gasteiger partial charge is 0.352 e. The Labute approximate surface area is 132 Å². The van der Waals surface area contributed by atoms with Crippen molar-refractivity contribution in [2.75, 3.05) is 6.54 Å². The second-order valence-corrected chi connectivity index (χ2v) is 5.65. The van der Waals surface area contributed by atoms with E-state index in [9.17, 15) is 4.79 Å². The third-order valence-corrected chi connectivity index (χ3v) is 3.90. The van der Waals surface area contributed by atoms with Crippen molar-refractivity contribution in [3.05, 3.63) is 48.4 Å². The van der Waals surface area contributed by atoms with Gasteiger partial charge in [0, 0.05) is 43.8 Å². The number of pyridine rings is 1. The fourth-order valence-electron chi connectivity index (χ4n) is 2.53. The van der Waals surface area contributed by atoms with Gasteiger partial charge < -0.3 is 9.88 Å². The molecule has 3 heterocycles. The SMILES string of the molecule is O=C(NCCc1cnccn1)c1cnc2c(c1)ncn2C1CC1. The van der Waals surface area contributed by atoms with Gasteiger partial charge in [-0.1, -0.05) is 0 Å². The van der Waals surface area contributed by atoms with Crippen LogP contribution in [0, 0.1) is 0 Å². The first-order valence-corrected chi connectivity index (χ1v) is 7.67. The monoisotopic (exact) mass is 308 g/mol. The van der Waals surface area contributed by atoms with Crippen LogP contribution in [0.25, 0.3) is 11.2 Å². The number of amides is 1. The van der Waals surface area contributed by atoms with E-state index in [2.05, 4.69) is 29.8 Å². The molecule has 0 bridgehead atoms. The van der Waals surface area contributed by atoms with Gasteiger partial charge in [0.15, 0.2) is 5.65 Å². The Morgan fingerprint density at radius 1 is 1.22 bits per heavy atom. The molecule has 1 amide bonds. The number of nitrogens with one attached hydrogen (secondary N) is 1. The highest BCUT2D eigenvalue weighted by Gasteiger charge is 2.25. The topological polar surface area (TPSA) is 85.6 Å². The van der Waals surface area contributed by atoms with Gasteiger partial charge in [-0.05, 0) is 18.9 Å². The second kappa shape index (κ2) is 5.75. The van der Waals surface area contributed by atoms with Crippen LogP contribution < -0.4 is 5.32 Å². The molecule has 1 fully saturated rings. The number of aromatic nitrogens is 5. The smallest absolute Gasteiger partial charge is 0.252 e. The summed E-state index contributed by atoms with van der Waals surface area (Å²) in [5.41, 5.74) is 2.99. The van der Waals surface area contributed by atoms with Crippen LogP contribution >= 0.6 is 0 Å². The van der Waals surface area contributed by atoms with Crippen molar-refractivity contribution in [1.82, 2.24) is 29.8 Å². The molecule has 3 aromatic rings. The van der Waals surface area contributed by atoms with Crippen LogP contribution in [0.2, 0.25) is 0 Å². The molecule has 1 saturated carbocycles. The first-order chi connectivity index (χ1) is 11.3. The van der Waals surface area contributed by atoms with E-state index < -0.39 is 0 Å². The van der Waals surface area contributed by atoms with E-state index in [-0.39, 0.29) is 5.91 Å². The number of hydrogen-bond donors (Lipinski definition) is 1. The molecule has 1 aliphatic carbocycles. The van der Waals surface area contributed by atoms with Gasteiger partial charge in [0.25, 0.3) is 5.91 Å². The summed E-state index contributed by atoms with van der Waals surface area (Å²) >= 11 is 0. The Kier molecular flexibility index (Phi) is 3.45. The number of nitrogens with zero attached hydrogens (tertiary/aromatic N) is 5. The summed E-state index contributed by atoms with van der Waals surface area (Å²) in [6, 6.07) is 2.32. The van der Waals surface area contributed by atoms with E-state index in [1.807, 2.05) is 6.33 Å². The van der Waals surface area contributed by atoms with Gasteiger partial charge in [-0.2, -0.15) is 0 Å². The van der Waals surface area contributed by atoms with Crippen LogP contribution in [-0.2, 0) is 6.42 Å². The minimum absolute atomic E-state index is 0.149. The molecule has 0 saturated heterocycles. The molecule has 116 valence electrons. The van der Waals surface area contributed by atoms with E-state index in [4.69, 9.17) is 0 Å². The first-order valence-electron chi connectivity index (χ1n) is 7.67. The lowest BCUT2D eigenvalue weighted by Crippen LogP contribution is -2.26. The molecular formula is C16H16N6O. The maximum atomic E-state index is 12.2. The lowest BCUT2D eigenvalue weighted by Gasteiger charge is -2.05. The van der Waals surface area contributed by atoms with Crippen LogP contribution in [0.1, 0.15) is 34.9 Å². The molecule has 4 rings (SSSR count). The fraction of sp³-hybridized carbons (Fsp3) is 0.312. The molecule has 0 unspecified atom stereocenters. The number of imidazole rings is 1. The van der Waals surface area contributed by atoms with Crippen molar-refractivity contribution in [2.24, 2.45) is 0 Å². The molecule has 1 N–H and O–H groups in total. The summed E-state index contributed by atoms with van der Waals surface area (Å²) in [4.78, 5) is 29.1. The van der Waals surface area contributed by atoms with Crippen LogP contribution in [0.15, 0.2) is 37.2 Å². The molecular weight excluding hydrogens is 292 g/mol. The van der Waals surface area contributed by atoms with Gasteiger partial charge in [0.1, 0.15) is 5.52 Å². The quantitative estimate of drug-likeness (QED) is 0.772. The predicted molar refractivity (Wildman–Crippen MR) is 83.9 cm³/mol. The third kappa shape index (κ3) is 2.90. The maximum Gasteiger partial charge on any atom is 0.252 e. The molecule has 3 aromatic heterocycles. The van der Waals surface area contributed by atoms with Gasteiger partial charge in [-0.25, -0.2) is 9.97 Å². The van der Waals surface area contributed by atoms with Gasteiger partial charge >= 0.3 is 0 Å². The minimum Gasteiger partial charge on any atom is -0.352 e.